The van der Waals surface area contributed by atoms with E-state index in [1.165, 1.54) is 0 Å². The van der Waals surface area contributed by atoms with Gasteiger partial charge in [-0.25, -0.2) is 9.78 Å². The second kappa shape index (κ2) is 8.93. The van der Waals surface area contributed by atoms with Crippen LogP contribution in [0, 0.1) is 0 Å². The lowest BCUT2D eigenvalue weighted by Crippen LogP contribution is -2.15. The molecule has 0 unspecified atom stereocenters. The molecule has 6 heteroatoms. The third-order valence-corrected chi connectivity index (χ3v) is 3.30. The number of halogens is 1. The van der Waals surface area contributed by atoms with E-state index in [9.17, 15) is 4.79 Å². The van der Waals surface area contributed by atoms with E-state index in [2.05, 4.69) is 4.98 Å². The number of ether oxygens (including phenoxy) is 3. The average molecular weight is 348 g/mol. The molecule has 0 fully saturated rings. The van der Waals surface area contributed by atoms with E-state index in [0.717, 1.165) is 11.1 Å². The fraction of sp³-hybridized carbons (Fsp3) is 0.222. The molecule has 1 heterocycles. The number of carbonyl (C=O) groups excluding carboxylic acids is 1. The summed E-state index contributed by atoms with van der Waals surface area (Å²) in [6, 6.07) is 8.85. The quantitative estimate of drug-likeness (QED) is 0.561. The summed E-state index contributed by atoms with van der Waals surface area (Å²) >= 11 is 5.70. The molecule has 1 aromatic heterocycles. The summed E-state index contributed by atoms with van der Waals surface area (Å²) in [6.45, 7) is 1.84. The fourth-order valence-corrected chi connectivity index (χ4v) is 2.05. The number of esters is 1. The molecule has 0 aliphatic carbocycles. The highest BCUT2D eigenvalue weighted by Crippen LogP contribution is 2.28. The van der Waals surface area contributed by atoms with Gasteiger partial charge in [-0.05, 0) is 30.7 Å². The van der Waals surface area contributed by atoms with Crippen LogP contribution in [0.2, 0.25) is 5.15 Å². The van der Waals surface area contributed by atoms with Crippen LogP contribution >= 0.6 is 11.6 Å². The van der Waals surface area contributed by atoms with Gasteiger partial charge in [0.05, 0.1) is 7.11 Å². The van der Waals surface area contributed by atoms with Crippen LogP contribution in [0.15, 0.2) is 42.6 Å². The first kappa shape index (κ1) is 17.8. The summed E-state index contributed by atoms with van der Waals surface area (Å²) in [5, 5.41) is 0.391. The molecule has 0 N–H and O–H groups in total. The molecular weight excluding hydrogens is 330 g/mol. The Bertz CT molecular complexity index is 713. The number of methoxy groups -OCH3 is 1. The molecule has 0 radical (unpaired) electrons. The van der Waals surface area contributed by atoms with E-state index in [1.54, 1.807) is 31.5 Å². The van der Waals surface area contributed by atoms with Crippen molar-refractivity contribution in [2.24, 2.45) is 0 Å². The lowest BCUT2D eigenvalue weighted by Gasteiger charge is -2.11. The van der Waals surface area contributed by atoms with Gasteiger partial charge in [0.1, 0.15) is 11.8 Å². The van der Waals surface area contributed by atoms with Gasteiger partial charge >= 0.3 is 5.97 Å². The normalized spacial score (nSPS) is 10.6. The number of rotatable bonds is 7. The van der Waals surface area contributed by atoms with E-state index in [0.29, 0.717) is 16.7 Å². The van der Waals surface area contributed by atoms with Gasteiger partial charge in [-0.1, -0.05) is 35.9 Å². The topological polar surface area (TPSA) is 57.7 Å². The van der Waals surface area contributed by atoms with Gasteiger partial charge in [0.2, 0.25) is 0 Å². The van der Waals surface area contributed by atoms with Crippen LogP contribution in [0.1, 0.15) is 18.1 Å². The van der Waals surface area contributed by atoms with Gasteiger partial charge in [-0.2, -0.15) is 0 Å². The van der Waals surface area contributed by atoms with Crippen molar-refractivity contribution in [3.05, 3.63) is 58.9 Å². The molecule has 24 heavy (non-hydrogen) atoms. The Kier molecular flexibility index (Phi) is 6.63. The molecule has 0 amide bonds. The molecule has 0 aliphatic heterocycles. The van der Waals surface area contributed by atoms with Gasteiger partial charge in [-0.15, -0.1) is 0 Å². The smallest absolute Gasteiger partial charge is 0.344 e. The van der Waals surface area contributed by atoms with Crippen molar-refractivity contribution in [2.75, 3.05) is 13.7 Å². The van der Waals surface area contributed by atoms with Crippen molar-refractivity contribution in [2.45, 2.75) is 13.5 Å². The van der Waals surface area contributed by atoms with Crippen molar-refractivity contribution in [3.63, 3.8) is 0 Å². The van der Waals surface area contributed by atoms with E-state index in [4.69, 9.17) is 25.8 Å². The molecule has 0 aliphatic rings. The molecule has 1 aromatic carbocycles. The van der Waals surface area contributed by atoms with Crippen LogP contribution in [0.25, 0.3) is 6.08 Å². The van der Waals surface area contributed by atoms with E-state index >= 15 is 0 Å². The summed E-state index contributed by atoms with van der Waals surface area (Å²) in [6.07, 6.45) is 5.43. The maximum absolute atomic E-state index is 11.8. The standard InChI is InChI=1S/C18H18ClNO4/c1-3-4-13-5-7-15(16(9-13)22-2)23-12-18(21)24-11-14-6-8-17(19)20-10-14/h3-10H,11-12H2,1-2H3/b4-3+. The number of hydrogen-bond donors (Lipinski definition) is 0. The molecule has 2 aromatic rings. The molecule has 0 saturated heterocycles. The summed E-state index contributed by atoms with van der Waals surface area (Å²) in [5.74, 6) is 0.556. The number of allylic oxidation sites excluding steroid dienone is 1. The maximum atomic E-state index is 11.8. The van der Waals surface area contributed by atoms with E-state index < -0.39 is 5.97 Å². The SMILES string of the molecule is C/C=C/c1ccc(OCC(=O)OCc2ccc(Cl)nc2)c(OC)c1. The maximum Gasteiger partial charge on any atom is 0.344 e. The summed E-state index contributed by atoms with van der Waals surface area (Å²) in [7, 11) is 1.55. The molecule has 5 nitrogen and oxygen atoms in total. The summed E-state index contributed by atoms with van der Waals surface area (Å²) in [4.78, 5) is 15.7. The predicted octanol–water partition coefficient (Wildman–Crippen LogP) is 3.90. The number of aromatic nitrogens is 1. The highest BCUT2D eigenvalue weighted by Gasteiger charge is 2.09. The number of carbonyl (C=O) groups is 1. The van der Waals surface area contributed by atoms with Gasteiger partial charge in [0.15, 0.2) is 18.1 Å². The second-order valence-electron chi connectivity index (χ2n) is 4.85. The lowest BCUT2D eigenvalue weighted by molar-refractivity contribution is -0.147. The minimum Gasteiger partial charge on any atom is -0.493 e. The number of benzene rings is 1. The van der Waals surface area contributed by atoms with Crippen LogP contribution in [-0.2, 0) is 16.1 Å². The molecule has 0 atom stereocenters. The predicted molar refractivity (Wildman–Crippen MR) is 92.2 cm³/mol. The molecule has 0 saturated carbocycles. The highest BCUT2D eigenvalue weighted by molar-refractivity contribution is 6.29. The monoisotopic (exact) mass is 347 g/mol. The Morgan fingerprint density at radius 3 is 2.75 bits per heavy atom. The van der Waals surface area contributed by atoms with Crippen molar-refractivity contribution in [3.8, 4) is 11.5 Å². The second-order valence-corrected chi connectivity index (χ2v) is 5.24. The fourth-order valence-electron chi connectivity index (χ4n) is 1.93. The van der Waals surface area contributed by atoms with Crippen LogP contribution in [0.4, 0.5) is 0 Å². The van der Waals surface area contributed by atoms with Crippen LogP contribution in [0.5, 0.6) is 11.5 Å². The Labute approximate surface area is 145 Å². The first-order valence-corrected chi connectivity index (χ1v) is 7.69. The Hall–Kier alpha value is -2.53. The van der Waals surface area contributed by atoms with E-state index in [1.807, 2.05) is 31.2 Å². The zero-order valence-electron chi connectivity index (χ0n) is 13.5. The van der Waals surface area contributed by atoms with Crippen molar-refractivity contribution in [1.82, 2.24) is 4.98 Å². The van der Waals surface area contributed by atoms with Gasteiger partial charge < -0.3 is 14.2 Å². The average Bonchev–Trinajstić information content (AvgIpc) is 2.60. The Morgan fingerprint density at radius 2 is 2.08 bits per heavy atom. The first-order chi connectivity index (χ1) is 11.6. The zero-order chi connectivity index (χ0) is 17.4. The van der Waals surface area contributed by atoms with Crippen molar-refractivity contribution < 1.29 is 19.0 Å². The van der Waals surface area contributed by atoms with Gasteiger partial charge in [0, 0.05) is 11.8 Å². The Morgan fingerprint density at radius 1 is 1.25 bits per heavy atom. The third kappa shape index (κ3) is 5.28. The molecule has 0 spiro atoms. The van der Waals surface area contributed by atoms with Crippen LogP contribution in [-0.4, -0.2) is 24.7 Å². The minimum atomic E-state index is -0.482. The van der Waals surface area contributed by atoms with Crippen LogP contribution < -0.4 is 9.47 Å². The molecule has 2 rings (SSSR count). The minimum absolute atomic E-state index is 0.115. The molecule has 126 valence electrons. The molecular formula is C18H18ClNO4. The first-order valence-electron chi connectivity index (χ1n) is 7.32. The molecule has 0 bridgehead atoms. The Balaban J connectivity index is 1.88. The summed E-state index contributed by atoms with van der Waals surface area (Å²) < 4.78 is 15.9. The number of hydrogen-bond acceptors (Lipinski definition) is 5. The largest absolute Gasteiger partial charge is 0.493 e. The highest BCUT2D eigenvalue weighted by atomic mass is 35.5. The van der Waals surface area contributed by atoms with Gasteiger partial charge in [0.25, 0.3) is 0 Å². The van der Waals surface area contributed by atoms with Crippen LogP contribution in [0.3, 0.4) is 0 Å². The van der Waals surface area contributed by atoms with Crippen molar-refractivity contribution in [1.29, 1.82) is 0 Å². The number of nitrogens with zero attached hydrogens (tertiary/aromatic N) is 1. The summed E-state index contributed by atoms with van der Waals surface area (Å²) in [5.41, 5.74) is 1.74. The lowest BCUT2D eigenvalue weighted by atomic mass is 10.2. The zero-order valence-corrected chi connectivity index (χ0v) is 14.2. The third-order valence-electron chi connectivity index (χ3n) is 3.08. The van der Waals surface area contributed by atoms with Crippen molar-refractivity contribution >= 4 is 23.6 Å². The van der Waals surface area contributed by atoms with Gasteiger partial charge in [-0.3, -0.25) is 0 Å². The van der Waals surface area contributed by atoms with E-state index in [-0.39, 0.29) is 13.2 Å². The number of pyridine rings is 1.